The number of sulfonamides is 1. The summed E-state index contributed by atoms with van der Waals surface area (Å²) in [5.74, 6) is -0.648. The molecule has 0 saturated heterocycles. The number of nitrogens with one attached hydrogen (secondary N) is 1. The molecule has 0 aliphatic heterocycles. The predicted octanol–water partition coefficient (Wildman–Crippen LogP) is 1.07. The lowest BCUT2D eigenvalue weighted by atomic mass is 10.2. The summed E-state index contributed by atoms with van der Waals surface area (Å²) in [5, 5.41) is 0.279. The van der Waals surface area contributed by atoms with Gasteiger partial charge in [0, 0.05) is 0 Å². The van der Waals surface area contributed by atoms with Gasteiger partial charge in [-0.2, -0.15) is 4.72 Å². The summed E-state index contributed by atoms with van der Waals surface area (Å²) in [5.41, 5.74) is 6.17. The number of anilines is 1. The molecule has 6 nitrogen and oxygen atoms in total. The van der Waals surface area contributed by atoms with Crippen LogP contribution in [-0.4, -0.2) is 27.5 Å². The fraction of sp³-hybridized carbons (Fsp3) is 0.364. The van der Waals surface area contributed by atoms with E-state index in [-0.39, 0.29) is 22.2 Å². The Morgan fingerprint density at radius 1 is 1.47 bits per heavy atom. The number of benzene rings is 1. The molecule has 0 unspecified atom stereocenters. The van der Waals surface area contributed by atoms with Crippen molar-refractivity contribution in [2.75, 3.05) is 18.9 Å². The van der Waals surface area contributed by atoms with Crippen molar-refractivity contribution >= 4 is 33.3 Å². The summed E-state index contributed by atoms with van der Waals surface area (Å²) in [4.78, 5) is 11.1. The van der Waals surface area contributed by atoms with E-state index in [1.807, 2.05) is 0 Å². The minimum atomic E-state index is -3.83. The Morgan fingerprint density at radius 2 is 2.11 bits per heavy atom. The number of ether oxygens (including phenoxy) is 1. The first-order valence-electron chi connectivity index (χ1n) is 5.49. The number of nitrogens with two attached hydrogens (primary N) is 1. The van der Waals surface area contributed by atoms with Crippen LogP contribution in [0.15, 0.2) is 17.0 Å². The topological polar surface area (TPSA) is 98.5 Å². The van der Waals surface area contributed by atoms with E-state index in [0.29, 0.717) is 5.56 Å². The van der Waals surface area contributed by atoms with Crippen LogP contribution < -0.4 is 10.5 Å². The normalized spacial score (nSPS) is 11.3. The quantitative estimate of drug-likeness (QED) is 0.626. The van der Waals surface area contributed by atoms with Gasteiger partial charge < -0.3 is 10.5 Å². The second-order valence-corrected chi connectivity index (χ2v) is 5.91. The molecule has 0 aliphatic rings. The molecule has 1 rings (SSSR count). The number of nitrogen functional groups attached to an aromatic ring is 1. The second kappa shape index (κ2) is 6.23. The number of hydrogen-bond donors (Lipinski definition) is 2. The van der Waals surface area contributed by atoms with Gasteiger partial charge in [0.2, 0.25) is 10.0 Å². The van der Waals surface area contributed by atoms with Gasteiger partial charge in [0.1, 0.15) is 6.54 Å². The molecule has 3 N–H and O–H groups in total. The van der Waals surface area contributed by atoms with Gasteiger partial charge in [0.05, 0.1) is 22.2 Å². The maximum absolute atomic E-state index is 12.0. The Bertz CT molecular complexity index is 587. The monoisotopic (exact) mass is 306 g/mol. The summed E-state index contributed by atoms with van der Waals surface area (Å²) in [6.45, 7) is 2.98. The third-order valence-electron chi connectivity index (χ3n) is 2.30. The lowest BCUT2D eigenvalue weighted by Crippen LogP contribution is -2.31. The van der Waals surface area contributed by atoms with Crippen LogP contribution in [0.5, 0.6) is 0 Å². The van der Waals surface area contributed by atoms with Gasteiger partial charge in [0.15, 0.2) is 0 Å². The van der Waals surface area contributed by atoms with Crippen molar-refractivity contribution in [3.05, 3.63) is 22.7 Å². The SMILES string of the molecule is CCOC(=O)CNS(=O)(=O)c1cc(N)c(Cl)cc1C. The molecule has 0 atom stereocenters. The fourth-order valence-electron chi connectivity index (χ4n) is 1.40. The highest BCUT2D eigenvalue weighted by molar-refractivity contribution is 7.89. The number of aryl methyl sites for hydroxylation is 1. The molecule has 0 aliphatic carbocycles. The molecule has 19 heavy (non-hydrogen) atoms. The summed E-state index contributed by atoms with van der Waals surface area (Å²) in [6, 6.07) is 2.71. The van der Waals surface area contributed by atoms with E-state index >= 15 is 0 Å². The van der Waals surface area contributed by atoms with Crippen molar-refractivity contribution in [2.45, 2.75) is 18.7 Å². The first kappa shape index (κ1) is 15.7. The van der Waals surface area contributed by atoms with Gasteiger partial charge in [0.25, 0.3) is 0 Å². The minimum Gasteiger partial charge on any atom is -0.465 e. The molecular weight excluding hydrogens is 292 g/mol. The highest BCUT2D eigenvalue weighted by Gasteiger charge is 2.19. The van der Waals surface area contributed by atoms with Crippen molar-refractivity contribution in [3.8, 4) is 0 Å². The Morgan fingerprint density at radius 3 is 2.68 bits per heavy atom. The third-order valence-corrected chi connectivity index (χ3v) is 4.17. The summed E-state index contributed by atoms with van der Waals surface area (Å²) in [7, 11) is -3.83. The van der Waals surface area contributed by atoms with E-state index in [1.165, 1.54) is 12.1 Å². The molecule has 1 aromatic rings. The van der Waals surface area contributed by atoms with E-state index in [4.69, 9.17) is 17.3 Å². The Hall–Kier alpha value is -1.31. The van der Waals surface area contributed by atoms with Gasteiger partial charge in [-0.1, -0.05) is 11.6 Å². The van der Waals surface area contributed by atoms with Gasteiger partial charge in [-0.25, -0.2) is 8.42 Å². The molecule has 0 bridgehead atoms. The molecule has 0 saturated carbocycles. The Kier molecular flexibility index (Phi) is 5.16. The number of esters is 1. The van der Waals surface area contributed by atoms with E-state index in [2.05, 4.69) is 9.46 Å². The molecule has 0 spiro atoms. The summed E-state index contributed by atoms with van der Waals surface area (Å²) in [6.07, 6.45) is 0. The zero-order chi connectivity index (χ0) is 14.6. The molecule has 8 heteroatoms. The van der Waals surface area contributed by atoms with Crippen LogP contribution in [0, 0.1) is 6.92 Å². The molecule has 0 radical (unpaired) electrons. The first-order valence-corrected chi connectivity index (χ1v) is 7.35. The molecule has 0 fully saturated rings. The second-order valence-electron chi connectivity index (χ2n) is 3.77. The van der Waals surface area contributed by atoms with Crippen LogP contribution in [0.2, 0.25) is 5.02 Å². The number of carbonyl (C=O) groups is 1. The van der Waals surface area contributed by atoms with Crippen LogP contribution in [0.4, 0.5) is 5.69 Å². The molecule has 106 valence electrons. The molecule has 1 aromatic carbocycles. The van der Waals surface area contributed by atoms with Gasteiger partial charge in [-0.15, -0.1) is 0 Å². The lowest BCUT2D eigenvalue weighted by Gasteiger charge is -2.10. The van der Waals surface area contributed by atoms with Gasteiger partial charge in [-0.05, 0) is 31.5 Å². The molecule has 0 amide bonds. The van der Waals surface area contributed by atoms with Crippen molar-refractivity contribution in [2.24, 2.45) is 0 Å². The minimum absolute atomic E-state index is 0.0151. The smallest absolute Gasteiger partial charge is 0.321 e. The van der Waals surface area contributed by atoms with Crippen LogP contribution in [0.25, 0.3) is 0 Å². The van der Waals surface area contributed by atoms with Crippen molar-refractivity contribution in [3.63, 3.8) is 0 Å². The van der Waals surface area contributed by atoms with Crippen LogP contribution >= 0.6 is 11.6 Å². The predicted molar refractivity (Wildman–Crippen MR) is 72.4 cm³/mol. The maximum Gasteiger partial charge on any atom is 0.321 e. The average Bonchev–Trinajstić information content (AvgIpc) is 2.31. The number of halogens is 1. The van der Waals surface area contributed by atoms with Crippen LogP contribution in [-0.2, 0) is 19.6 Å². The highest BCUT2D eigenvalue weighted by Crippen LogP contribution is 2.25. The van der Waals surface area contributed by atoms with Crippen molar-refractivity contribution in [1.29, 1.82) is 0 Å². The van der Waals surface area contributed by atoms with E-state index < -0.39 is 22.5 Å². The molecule has 0 aromatic heterocycles. The van der Waals surface area contributed by atoms with E-state index in [9.17, 15) is 13.2 Å². The Labute approximate surface area is 116 Å². The number of rotatable bonds is 5. The van der Waals surface area contributed by atoms with E-state index in [0.717, 1.165) is 0 Å². The fourth-order valence-corrected chi connectivity index (χ4v) is 2.85. The van der Waals surface area contributed by atoms with Crippen molar-refractivity contribution < 1.29 is 17.9 Å². The summed E-state index contributed by atoms with van der Waals surface area (Å²) >= 11 is 5.79. The highest BCUT2D eigenvalue weighted by atomic mass is 35.5. The molecule has 0 heterocycles. The van der Waals surface area contributed by atoms with Gasteiger partial charge >= 0.3 is 5.97 Å². The first-order chi connectivity index (χ1) is 8.77. The van der Waals surface area contributed by atoms with Crippen LogP contribution in [0.1, 0.15) is 12.5 Å². The number of hydrogen-bond acceptors (Lipinski definition) is 5. The van der Waals surface area contributed by atoms with Crippen molar-refractivity contribution in [1.82, 2.24) is 4.72 Å². The van der Waals surface area contributed by atoms with Gasteiger partial charge in [-0.3, -0.25) is 4.79 Å². The third kappa shape index (κ3) is 4.09. The maximum atomic E-state index is 12.0. The average molecular weight is 307 g/mol. The summed E-state index contributed by atoms with van der Waals surface area (Å²) < 4.78 is 30.8. The zero-order valence-electron chi connectivity index (χ0n) is 10.6. The van der Waals surface area contributed by atoms with Crippen LogP contribution in [0.3, 0.4) is 0 Å². The Balaban J connectivity index is 2.95. The largest absolute Gasteiger partial charge is 0.465 e. The molecular formula is C11H15ClN2O4S. The standard InChI is InChI=1S/C11H15ClN2O4S/c1-3-18-11(15)6-14-19(16,17)10-5-9(13)8(12)4-7(10)2/h4-5,14H,3,6,13H2,1-2H3. The zero-order valence-corrected chi connectivity index (χ0v) is 12.1. The van der Waals surface area contributed by atoms with E-state index in [1.54, 1.807) is 13.8 Å². The number of carbonyl (C=O) groups excluding carboxylic acids is 1. The lowest BCUT2D eigenvalue weighted by molar-refractivity contribution is -0.141.